The average Bonchev–Trinajstić information content (AvgIpc) is 3.23. The monoisotopic (exact) mass is 358 g/mol. The molecule has 0 bridgehead atoms. The van der Waals surface area contributed by atoms with Crippen molar-refractivity contribution in [3.63, 3.8) is 0 Å². The van der Waals surface area contributed by atoms with E-state index in [2.05, 4.69) is 34.9 Å². The van der Waals surface area contributed by atoms with Crippen LogP contribution in [0.5, 0.6) is 0 Å². The Bertz CT molecular complexity index is 825. The summed E-state index contributed by atoms with van der Waals surface area (Å²) in [5.41, 5.74) is 2.25. The van der Waals surface area contributed by atoms with Gasteiger partial charge < -0.3 is 9.30 Å². The number of fused-ring (bicyclic) bond motifs is 1. The van der Waals surface area contributed by atoms with Crippen molar-refractivity contribution in [2.75, 3.05) is 6.61 Å². The van der Waals surface area contributed by atoms with Gasteiger partial charge in [-0.1, -0.05) is 23.7 Å². The lowest BCUT2D eigenvalue weighted by Gasteiger charge is -2.14. The van der Waals surface area contributed by atoms with E-state index >= 15 is 0 Å². The number of para-hydroxylation sites is 2. The van der Waals surface area contributed by atoms with E-state index in [4.69, 9.17) is 21.3 Å². The number of thioether (sulfide) groups is 1. The summed E-state index contributed by atoms with van der Waals surface area (Å²) < 4.78 is 8.16. The Kier molecular flexibility index (Phi) is 4.79. The summed E-state index contributed by atoms with van der Waals surface area (Å²) in [7, 11) is 0. The first-order valence-electron chi connectivity index (χ1n) is 8.24. The van der Waals surface area contributed by atoms with E-state index in [9.17, 15) is 0 Å². The van der Waals surface area contributed by atoms with E-state index in [1.54, 1.807) is 11.8 Å². The topological polar surface area (TPSA) is 27.1 Å². The molecule has 1 aromatic heterocycles. The maximum atomic E-state index is 5.96. The Morgan fingerprint density at radius 2 is 2.00 bits per heavy atom. The van der Waals surface area contributed by atoms with Gasteiger partial charge in [-0.3, -0.25) is 0 Å². The Labute approximate surface area is 151 Å². The number of nitrogens with zero attached hydrogens (tertiary/aromatic N) is 2. The van der Waals surface area contributed by atoms with E-state index in [1.807, 2.05) is 18.2 Å². The molecule has 2 heterocycles. The zero-order valence-corrected chi connectivity index (χ0v) is 14.9. The van der Waals surface area contributed by atoms with Gasteiger partial charge in [0.2, 0.25) is 0 Å². The molecular formula is C19H19ClN2OS. The Morgan fingerprint density at radius 1 is 1.17 bits per heavy atom. The van der Waals surface area contributed by atoms with Gasteiger partial charge in [0, 0.05) is 16.5 Å². The van der Waals surface area contributed by atoms with E-state index in [1.165, 1.54) is 10.4 Å². The Balaban J connectivity index is 1.59. The van der Waals surface area contributed by atoms with Gasteiger partial charge in [0.1, 0.15) is 5.82 Å². The molecule has 0 N–H and O–H groups in total. The highest BCUT2D eigenvalue weighted by Crippen LogP contribution is 2.27. The van der Waals surface area contributed by atoms with E-state index in [-0.39, 0.29) is 0 Å². The highest BCUT2D eigenvalue weighted by Gasteiger charge is 2.19. The van der Waals surface area contributed by atoms with Gasteiger partial charge in [-0.25, -0.2) is 4.98 Å². The van der Waals surface area contributed by atoms with E-state index < -0.39 is 0 Å². The second kappa shape index (κ2) is 7.18. The minimum absolute atomic E-state index is 0.307. The maximum absolute atomic E-state index is 5.96. The van der Waals surface area contributed by atoms with E-state index in [0.717, 1.165) is 48.1 Å². The number of hydrogen-bond acceptors (Lipinski definition) is 3. The van der Waals surface area contributed by atoms with Gasteiger partial charge in [0.25, 0.3) is 0 Å². The lowest BCUT2D eigenvalue weighted by molar-refractivity contribution is 0.0974. The molecule has 0 spiro atoms. The molecule has 0 aliphatic carbocycles. The molecule has 3 nitrogen and oxygen atoms in total. The lowest BCUT2D eigenvalue weighted by atomic mass is 10.2. The Morgan fingerprint density at radius 3 is 2.79 bits per heavy atom. The van der Waals surface area contributed by atoms with Crippen LogP contribution < -0.4 is 0 Å². The summed E-state index contributed by atoms with van der Waals surface area (Å²) in [6, 6.07) is 16.3. The summed E-state index contributed by atoms with van der Waals surface area (Å²) in [5, 5.41) is 0.768. The van der Waals surface area contributed by atoms with Crippen LogP contribution in [0.4, 0.5) is 0 Å². The molecular weight excluding hydrogens is 340 g/mol. The number of halogens is 1. The summed E-state index contributed by atoms with van der Waals surface area (Å²) in [6.07, 6.45) is 2.60. The third-order valence-corrected chi connectivity index (χ3v) is 5.59. The van der Waals surface area contributed by atoms with Crippen molar-refractivity contribution in [2.45, 2.75) is 36.1 Å². The number of rotatable bonds is 5. The number of hydrogen-bond donors (Lipinski definition) is 0. The third-order valence-electron chi connectivity index (χ3n) is 4.33. The van der Waals surface area contributed by atoms with Crippen molar-refractivity contribution < 1.29 is 4.74 Å². The second-order valence-corrected chi connectivity index (χ2v) is 7.49. The molecule has 1 unspecified atom stereocenters. The van der Waals surface area contributed by atoms with E-state index in [0.29, 0.717) is 6.10 Å². The molecule has 24 heavy (non-hydrogen) atoms. The fraction of sp³-hybridized carbons (Fsp3) is 0.316. The van der Waals surface area contributed by atoms with Crippen LogP contribution in [0.15, 0.2) is 53.4 Å². The van der Waals surface area contributed by atoms with Crippen LogP contribution in [0, 0.1) is 0 Å². The summed E-state index contributed by atoms with van der Waals surface area (Å²) in [5.74, 6) is 1.94. The zero-order chi connectivity index (χ0) is 16.4. The molecule has 0 saturated carbocycles. The van der Waals surface area contributed by atoms with Crippen molar-refractivity contribution in [2.24, 2.45) is 0 Å². The quantitative estimate of drug-likeness (QED) is 0.589. The molecule has 0 radical (unpaired) electrons. The molecule has 1 aliphatic rings. The maximum Gasteiger partial charge on any atom is 0.120 e. The third kappa shape index (κ3) is 3.46. The average molecular weight is 359 g/mol. The van der Waals surface area contributed by atoms with Gasteiger partial charge >= 0.3 is 0 Å². The molecule has 5 heteroatoms. The molecule has 4 rings (SSSR count). The van der Waals surface area contributed by atoms with Crippen molar-refractivity contribution in [3.05, 3.63) is 59.4 Å². The van der Waals surface area contributed by atoms with Crippen molar-refractivity contribution >= 4 is 34.4 Å². The van der Waals surface area contributed by atoms with Crippen LogP contribution >= 0.6 is 23.4 Å². The first-order chi connectivity index (χ1) is 11.8. The van der Waals surface area contributed by atoms with Crippen LogP contribution in [0.1, 0.15) is 18.7 Å². The summed E-state index contributed by atoms with van der Waals surface area (Å²) >= 11 is 7.75. The van der Waals surface area contributed by atoms with Gasteiger partial charge in [-0.2, -0.15) is 0 Å². The highest BCUT2D eigenvalue weighted by atomic mass is 35.5. The molecule has 1 aliphatic heterocycles. The largest absolute Gasteiger partial charge is 0.376 e. The molecule has 1 fully saturated rings. The second-order valence-electron chi connectivity index (χ2n) is 6.00. The molecule has 3 aromatic rings. The standard InChI is InChI=1S/C19H19ClN2OS/c20-14-7-9-16(10-8-14)24-13-19-21-17-5-1-2-6-18(17)22(19)12-15-4-3-11-23-15/h1-2,5-10,15H,3-4,11-13H2. The van der Waals surface area contributed by atoms with Gasteiger partial charge in [-0.15, -0.1) is 11.8 Å². The SMILES string of the molecule is Clc1ccc(SCc2nc3ccccc3n2CC2CCCO2)cc1. The predicted octanol–water partition coefficient (Wildman–Crippen LogP) is 5.16. The van der Waals surface area contributed by atoms with Crippen molar-refractivity contribution in [1.29, 1.82) is 0 Å². The fourth-order valence-electron chi connectivity index (χ4n) is 3.11. The van der Waals surface area contributed by atoms with Crippen molar-refractivity contribution in [3.8, 4) is 0 Å². The predicted molar refractivity (Wildman–Crippen MR) is 99.7 cm³/mol. The first-order valence-corrected chi connectivity index (χ1v) is 9.60. The van der Waals surface area contributed by atoms with Crippen LogP contribution in [-0.2, 0) is 17.0 Å². The van der Waals surface area contributed by atoms with Gasteiger partial charge in [0.05, 0.1) is 29.4 Å². The van der Waals surface area contributed by atoms with Gasteiger partial charge in [0.15, 0.2) is 0 Å². The van der Waals surface area contributed by atoms with Crippen LogP contribution in [0.25, 0.3) is 11.0 Å². The minimum Gasteiger partial charge on any atom is -0.376 e. The Hall–Kier alpha value is -1.49. The minimum atomic E-state index is 0.307. The van der Waals surface area contributed by atoms with Gasteiger partial charge in [-0.05, 0) is 49.2 Å². The molecule has 1 atom stereocenters. The molecule has 2 aromatic carbocycles. The molecule has 0 amide bonds. The summed E-state index contributed by atoms with van der Waals surface area (Å²) in [4.78, 5) is 6.05. The molecule has 1 saturated heterocycles. The van der Waals surface area contributed by atoms with Crippen molar-refractivity contribution in [1.82, 2.24) is 9.55 Å². The van der Waals surface area contributed by atoms with Crippen LogP contribution in [0.2, 0.25) is 5.02 Å². The number of ether oxygens (including phenoxy) is 1. The number of imidazole rings is 1. The van der Waals surface area contributed by atoms with Crippen LogP contribution in [0.3, 0.4) is 0 Å². The lowest BCUT2D eigenvalue weighted by Crippen LogP contribution is -2.16. The smallest absolute Gasteiger partial charge is 0.120 e. The highest BCUT2D eigenvalue weighted by molar-refractivity contribution is 7.98. The number of aromatic nitrogens is 2. The number of benzene rings is 2. The normalized spacial score (nSPS) is 17.6. The van der Waals surface area contributed by atoms with Crippen LogP contribution in [-0.4, -0.2) is 22.3 Å². The molecule has 124 valence electrons. The first kappa shape index (κ1) is 16.0. The fourth-order valence-corrected chi connectivity index (χ4v) is 4.08. The zero-order valence-electron chi connectivity index (χ0n) is 13.3. The summed E-state index contributed by atoms with van der Waals surface area (Å²) in [6.45, 7) is 1.77.